The summed E-state index contributed by atoms with van der Waals surface area (Å²) in [5.41, 5.74) is 3.92. The Morgan fingerprint density at radius 3 is 2.41 bits per heavy atom. The summed E-state index contributed by atoms with van der Waals surface area (Å²) >= 11 is 0. The van der Waals surface area contributed by atoms with Crippen LogP contribution >= 0.6 is 0 Å². The van der Waals surface area contributed by atoms with Crippen LogP contribution in [0, 0.1) is 0 Å². The first-order valence-corrected chi connectivity index (χ1v) is 12.4. The van der Waals surface area contributed by atoms with E-state index in [1.54, 1.807) is 66.0 Å². The number of nitrogens with one attached hydrogen (secondary N) is 1. The Kier molecular flexibility index (Phi) is 6.93. The monoisotopic (exact) mass is 473 g/mol. The van der Waals surface area contributed by atoms with E-state index in [0.717, 1.165) is 16.7 Å². The van der Waals surface area contributed by atoms with Crippen LogP contribution in [0.5, 0.6) is 0 Å². The van der Waals surface area contributed by atoms with Crippen LogP contribution in [0.1, 0.15) is 11.1 Å². The fraction of sp³-hybridized carbons (Fsp3) is 0.120. The lowest BCUT2D eigenvalue weighted by atomic mass is 10.1. The third kappa shape index (κ3) is 5.81. The molecule has 1 N–H and O–H groups in total. The first kappa shape index (κ1) is 23.1. The van der Waals surface area contributed by atoms with Gasteiger partial charge in [-0.05, 0) is 60.5 Å². The first-order chi connectivity index (χ1) is 16.4. The zero-order valence-corrected chi connectivity index (χ0v) is 19.3. The fourth-order valence-electron chi connectivity index (χ4n) is 3.32. The molecule has 9 heteroatoms. The molecule has 8 nitrogen and oxygen atoms in total. The van der Waals surface area contributed by atoms with Gasteiger partial charge in [0.25, 0.3) is 0 Å². The largest absolute Gasteiger partial charge is 0.352 e. The summed E-state index contributed by atoms with van der Waals surface area (Å²) in [6, 6.07) is 14.0. The van der Waals surface area contributed by atoms with Crippen molar-refractivity contribution in [1.29, 1.82) is 0 Å². The Bertz CT molecular complexity index is 1400. The molecule has 0 aliphatic rings. The third-order valence-corrected chi connectivity index (χ3v) is 6.19. The van der Waals surface area contributed by atoms with E-state index in [1.165, 1.54) is 12.3 Å². The SMILES string of the molecule is CS(=O)(=O)c1ccc(-n2cc(/C=C/C(=O)NCCc3cccnc3)c(-c3cccnc3)n2)cc1. The first-order valence-electron chi connectivity index (χ1n) is 10.6. The molecule has 3 heterocycles. The van der Waals surface area contributed by atoms with Gasteiger partial charge in [0.15, 0.2) is 9.84 Å². The number of carbonyl (C=O) groups excluding carboxylic acids is 1. The molecule has 0 bridgehead atoms. The van der Waals surface area contributed by atoms with Crippen molar-refractivity contribution >= 4 is 21.8 Å². The smallest absolute Gasteiger partial charge is 0.244 e. The minimum atomic E-state index is -3.29. The highest BCUT2D eigenvalue weighted by Gasteiger charge is 2.12. The van der Waals surface area contributed by atoms with Crippen LogP contribution < -0.4 is 5.32 Å². The lowest BCUT2D eigenvalue weighted by molar-refractivity contribution is -0.116. The molecule has 0 fully saturated rings. The second kappa shape index (κ2) is 10.2. The molecule has 0 saturated carbocycles. The molecule has 3 aromatic heterocycles. The van der Waals surface area contributed by atoms with Crippen molar-refractivity contribution in [3.63, 3.8) is 0 Å². The molecule has 0 aliphatic heterocycles. The lowest BCUT2D eigenvalue weighted by Crippen LogP contribution is -2.23. The molecule has 0 radical (unpaired) electrons. The summed E-state index contributed by atoms with van der Waals surface area (Å²) in [4.78, 5) is 20.8. The van der Waals surface area contributed by atoms with Crippen LogP contribution in [0.4, 0.5) is 0 Å². The molecule has 0 unspecified atom stereocenters. The molecule has 4 rings (SSSR count). The van der Waals surface area contributed by atoms with Crippen LogP contribution in [0.15, 0.2) is 90.5 Å². The van der Waals surface area contributed by atoms with Gasteiger partial charge in [-0.15, -0.1) is 0 Å². The molecule has 4 aromatic rings. The maximum atomic E-state index is 12.4. The van der Waals surface area contributed by atoms with E-state index in [9.17, 15) is 13.2 Å². The number of carbonyl (C=O) groups is 1. The van der Waals surface area contributed by atoms with E-state index in [1.807, 2.05) is 24.3 Å². The average Bonchev–Trinajstić information content (AvgIpc) is 3.28. The number of benzene rings is 1. The van der Waals surface area contributed by atoms with Crippen molar-refractivity contribution in [2.75, 3.05) is 12.8 Å². The van der Waals surface area contributed by atoms with Gasteiger partial charge in [-0.25, -0.2) is 13.1 Å². The van der Waals surface area contributed by atoms with Crippen LogP contribution in [0.2, 0.25) is 0 Å². The molecular weight excluding hydrogens is 450 g/mol. The van der Waals surface area contributed by atoms with Gasteiger partial charge in [0.1, 0.15) is 5.69 Å². The number of aromatic nitrogens is 4. The highest BCUT2D eigenvalue weighted by Crippen LogP contribution is 2.24. The summed E-state index contributed by atoms with van der Waals surface area (Å²) < 4.78 is 25.1. The second-order valence-electron chi connectivity index (χ2n) is 7.62. The van der Waals surface area contributed by atoms with Gasteiger partial charge in [-0.2, -0.15) is 5.10 Å². The van der Waals surface area contributed by atoms with Crippen LogP contribution in [-0.4, -0.2) is 46.9 Å². The fourth-order valence-corrected chi connectivity index (χ4v) is 3.95. The Hall–Kier alpha value is -4.11. The summed E-state index contributed by atoms with van der Waals surface area (Å²) in [5.74, 6) is -0.216. The minimum absolute atomic E-state index is 0.216. The number of sulfone groups is 1. The average molecular weight is 474 g/mol. The van der Waals surface area contributed by atoms with E-state index in [-0.39, 0.29) is 10.8 Å². The number of pyridine rings is 2. The van der Waals surface area contributed by atoms with Crippen LogP contribution in [-0.2, 0) is 21.1 Å². The molecule has 0 atom stereocenters. The molecule has 1 aromatic carbocycles. The summed E-state index contributed by atoms with van der Waals surface area (Å²) in [7, 11) is -3.29. The molecule has 172 valence electrons. The number of hydrogen-bond acceptors (Lipinski definition) is 6. The van der Waals surface area contributed by atoms with Gasteiger partial charge in [0.2, 0.25) is 5.91 Å². The van der Waals surface area contributed by atoms with E-state index in [2.05, 4.69) is 20.4 Å². The van der Waals surface area contributed by atoms with Gasteiger partial charge in [-0.1, -0.05) is 6.07 Å². The van der Waals surface area contributed by atoms with Gasteiger partial charge in [-0.3, -0.25) is 14.8 Å². The van der Waals surface area contributed by atoms with Crippen molar-refractivity contribution in [2.24, 2.45) is 0 Å². The van der Waals surface area contributed by atoms with Crippen molar-refractivity contribution in [2.45, 2.75) is 11.3 Å². The summed E-state index contributed by atoms with van der Waals surface area (Å²) in [5, 5.41) is 7.53. The summed E-state index contributed by atoms with van der Waals surface area (Å²) in [6.07, 6.45) is 13.7. The van der Waals surface area contributed by atoms with Crippen molar-refractivity contribution in [3.05, 3.63) is 96.7 Å². The maximum Gasteiger partial charge on any atom is 0.244 e. The highest BCUT2D eigenvalue weighted by atomic mass is 32.2. The van der Waals surface area contributed by atoms with Crippen molar-refractivity contribution in [1.82, 2.24) is 25.1 Å². The van der Waals surface area contributed by atoms with Gasteiger partial charge in [0, 0.05) is 61.0 Å². The number of nitrogens with zero attached hydrogens (tertiary/aromatic N) is 4. The number of rotatable bonds is 8. The quantitative estimate of drug-likeness (QED) is 0.394. The van der Waals surface area contributed by atoms with Crippen molar-refractivity contribution in [3.8, 4) is 16.9 Å². The molecule has 0 spiro atoms. The predicted molar refractivity (Wildman–Crippen MR) is 130 cm³/mol. The minimum Gasteiger partial charge on any atom is -0.352 e. The number of hydrogen-bond donors (Lipinski definition) is 1. The molecule has 0 aliphatic carbocycles. The van der Waals surface area contributed by atoms with Crippen LogP contribution in [0.25, 0.3) is 23.0 Å². The standard InChI is InChI=1S/C25H23N5O3S/c1-34(32,33)23-9-7-22(8-10-23)30-18-21(25(29-30)20-5-3-14-27-17-20)6-11-24(31)28-15-12-19-4-2-13-26-16-19/h2-11,13-14,16-18H,12,15H2,1H3,(H,28,31)/b11-6+. The van der Waals surface area contributed by atoms with E-state index < -0.39 is 9.84 Å². The Labute approximate surface area is 197 Å². The highest BCUT2D eigenvalue weighted by molar-refractivity contribution is 7.90. The lowest BCUT2D eigenvalue weighted by Gasteiger charge is -2.03. The van der Waals surface area contributed by atoms with Crippen LogP contribution in [0.3, 0.4) is 0 Å². The number of amides is 1. The predicted octanol–water partition coefficient (Wildman–Crippen LogP) is 3.10. The van der Waals surface area contributed by atoms with Crippen molar-refractivity contribution < 1.29 is 13.2 Å². The van der Waals surface area contributed by atoms with E-state index in [4.69, 9.17) is 0 Å². The van der Waals surface area contributed by atoms with Gasteiger partial charge >= 0.3 is 0 Å². The molecule has 0 saturated heterocycles. The third-order valence-electron chi connectivity index (χ3n) is 5.06. The maximum absolute atomic E-state index is 12.4. The topological polar surface area (TPSA) is 107 Å². The normalized spacial score (nSPS) is 11.6. The Balaban J connectivity index is 1.54. The Morgan fingerprint density at radius 2 is 1.76 bits per heavy atom. The molecular formula is C25H23N5O3S. The zero-order valence-electron chi connectivity index (χ0n) is 18.5. The van der Waals surface area contributed by atoms with E-state index in [0.29, 0.717) is 24.3 Å². The van der Waals surface area contributed by atoms with Gasteiger partial charge < -0.3 is 5.32 Å². The summed E-state index contributed by atoms with van der Waals surface area (Å²) in [6.45, 7) is 0.496. The second-order valence-corrected chi connectivity index (χ2v) is 9.64. The van der Waals surface area contributed by atoms with Gasteiger partial charge in [0.05, 0.1) is 10.6 Å². The molecule has 1 amide bonds. The van der Waals surface area contributed by atoms with E-state index >= 15 is 0 Å². The zero-order chi connectivity index (χ0) is 24.0. The Morgan fingerprint density at radius 1 is 1.03 bits per heavy atom. The molecule has 34 heavy (non-hydrogen) atoms.